The molecule has 0 radical (unpaired) electrons. The van der Waals surface area contributed by atoms with Crippen molar-refractivity contribution in [1.29, 1.82) is 5.26 Å². The Morgan fingerprint density at radius 1 is 1.36 bits per heavy atom. The topological polar surface area (TPSA) is 76.4 Å². The van der Waals surface area contributed by atoms with Crippen molar-refractivity contribution < 1.29 is 23.5 Å². The number of hydrogen-bond acceptors (Lipinski definition) is 5. The van der Waals surface area contributed by atoms with E-state index in [4.69, 9.17) is 4.74 Å². The fourth-order valence-corrected chi connectivity index (χ4v) is 2.85. The molecule has 2 rings (SSSR count). The molecular weight excluding hydrogens is 325 g/mol. The molecular formula is C19H20FNO4. The number of ether oxygens (including phenoxy) is 2. The molecule has 1 fully saturated rings. The molecule has 0 saturated heterocycles. The van der Waals surface area contributed by atoms with Crippen LogP contribution in [0.4, 0.5) is 4.39 Å². The van der Waals surface area contributed by atoms with E-state index in [-0.39, 0.29) is 6.61 Å². The summed E-state index contributed by atoms with van der Waals surface area (Å²) in [6.07, 6.45) is 0.0815. The summed E-state index contributed by atoms with van der Waals surface area (Å²) in [5.41, 5.74) is 0.0130. The van der Waals surface area contributed by atoms with Gasteiger partial charge in [-0.3, -0.25) is 4.79 Å². The smallest absolute Gasteiger partial charge is 0.366 e. The van der Waals surface area contributed by atoms with Crippen molar-refractivity contribution in [2.75, 3.05) is 6.61 Å². The molecule has 0 aliphatic heterocycles. The average Bonchev–Trinajstić information content (AvgIpc) is 3.13. The lowest BCUT2D eigenvalue weighted by atomic mass is 10.1. The van der Waals surface area contributed by atoms with Gasteiger partial charge in [0, 0.05) is 5.56 Å². The Kier molecular flexibility index (Phi) is 5.58. The summed E-state index contributed by atoms with van der Waals surface area (Å²) in [5.74, 6) is -3.75. The van der Waals surface area contributed by atoms with Gasteiger partial charge in [-0.25, -0.2) is 4.79 Å². The Balaban J connectivity index is 2.08. The first-order chi connectivity index (χ1) is 11.8. The fraction of sp³-hybridized carbons (Fsp3) is 0.421. The number of allylic oxidation sites excluding steroid dienone is 1. The molecule has 6 heteroatoms. The van der Waals surface area contributed by atoms with E-state index >= 15 is 0 Å². The van der Waals surface area contributed by atoms with E-state index in [1.165, 1.54) is 0 Å². The molecule has 1 aromatic rings. The van der Waals surface area contributed by atoms with Gasteiger partial charge in [-0.1, -0.05) is 44.2 Å². The summed E-state index contributed by atoms with van der Waals surface area (Å²) in [6, 6.07) is 10.6. The summed E-state index contributed by atoms with van der Waals surface area (Å²) < 4.78 is 23.7. The number of esters is 2. The highest BCUT2D eigenvalue weighted by Crippen LogP contribution is 2.60. The zero-order chi connectivity index (χ0) is 18.6. The van der Waals surface area contributed by atoms with Gasteiger partial charge < -0.3 is 9.47 Å². The number of benzene rings is 1. The van der Waals surface area contributed by atoms with Crippen molar-refractivity contribution in [1.82, 2.24) is 0 Å². The molecule has 1 aromatic carbocycles. The first-order valence-corrected chi connectivity index (χ1v) is 8.02. The van der Waals surface area contributed by atoms with Crippen LogP contribution >= 0.6 is 0 Å². The highest BCUT2D eigenvalue weighted by Gasteiger charge is 2.62. The average molecular weight is 345 g/mol. The van der Waals surface area contributed by atoms with Crippen LogP contribution in [0.3, 0.4) is 0 Å². The number of carbonyl (C=O) groups excluding carboxylic acids is 2. The molecule has 1 unspecified atom stereocenters. The molecule has 1 aliphatic rings. The zero-order valence-electron chi connectivity index (χ0n) is 14.4. The van der Waals surface area contributed by atoms with Crippen LogP contribution in [0.5, 0.6) is 0 Å². The molecule has 0 heterocycles. The molecule has 132 valence electrons. The van der Waals surface area contributed by atoms with Crippen molar-refractivity contribution in [3.63, 3.8) is 0 Å². The van der Waals surface area contributed by atoms with Crippen LogP contribution in [-0.4, -0.2) is 18.5 Å². The Bertz CT molecular complexity index is 721. The lowest BCUT2D eigenvalue weighted by molar-refractivity contribution is -0.149. The normalized spacial score (nSPS) is 22.4. The number of hydrogen-bond donors (Lipinski definition) is 0. The van der Waals surface area contributed by atoms with Crippen LogP contribution in [0.2, 0.25) is 0 Å². The van der Waals surface area contributed by atoms with Crippen LogP contribution in [0, 0.1) is 28.6 Å². The summed E-state index contributed by atoms with van der Waals surface area (Å²) in [6.45, 7) is 5.21. The molecule has 5 nitrogen and oxygen atoms in total. The number of carbonyl (C=O) groups is 2. The third-order valence-electron chi connectivity index (χ3n) is 4.41. The molecule has 0 N–H and O–H groups in total. The summed E-state index contributed by atoms with van der Waals surface area (Å²) >= 11 is 0. The Morgan fingerprint density at radius 3 is 2.56 bits per heavy atom. The van der Waals surface area contributed by atoms with Crippen molar-refractivity contribution in [2.24, 2.45) is 17.3 Å². The number of nitrogens with zero attached hydrogens (tertiary/aromatic N) is 1. The Labute approximate surface area is 146 Å². The van der Waals surface area contributed by atoms with E-state index in [0.29, 0.717) is 5.56 Å². The molecule has 0 bridgehead atoms. The van der Waals surface area contributed by atoms with Gasteiger partial charge >= 0.3 is 11.9 Å². The number of halogens is 1. The van der Waals surface area contributed by atoms with E-state index < -0.39 is 41.1 Å². The van der Waals surface area contributed by atoms with Gasteiger partial charge in [0.25, 0.3) is 0 Å². The predicted octanol–water partition coefficient (Wildman–Crippen LogP) is 3.48. The van der Waals surface area contributed by atoms with Gasteiger partial charge in [-0.2, -0.15) is 9.65 Å². The van der Waals surface area contributed by atoms with Crippen LogP contribution in [-0.2, 0) is 19.1 Å². The first-order valence-electron chi connectivity index (χ1n) is 8.02. The highest BCUT2D eigenvalue weighted by molar-refractivity contribution is 5.87. The quantitative estimate of drug-likeness (QED) is 0.583. The minimum Gasteiger partial charge on any atom is -0.461 e. The molecule has 1 aliphatic carbocycles. The van der Waals surface area contributed by atoms with E-state index in [0.717, 1.165) is 6.08 Å². The molecule has 1 saturated carbocycles. The van der Waals surface area contributed by atoms with Crippen LogP contribution in [0.1, 0.15) is 32.4 Å². The molecule has 0 spiro atoms. The van der Waals surface area contributed by atoms with Gasteiger partial charge in [0.2, 0.25) is 11.9 Å². The predicted molar refractivity (Wildman–Crippen MR) is 87.5 cm³/mol. The lowest BCUT2D eigenvalue weighted by Crippen LogP contribution is -2.14. The third-order valence-corrected chi connectivity index (χ3v) is 4.41. The monoisotopic (exact) mass is 345 g/mol. The minimum atomic E-state index is -1.04. The SMILES string of the molecule is CCOC(=O)/C(F)=C\[C@H]1[C@@H](C(=O)OC(C#N)c2ccccc2)C1(C)C. The van der Waals surface area contributed by atoms with Gasteiger partial charge in [0.1, 0.15) is 6.07 Å². The summed E-state index contributed by atoms with van der Waals surface area (Å²) in [5, 5.41) is 9.24. The third kappa shape index (κ3) is 4.05. The Morgan fingerprint density at radius 2 is 2.00 bits per heavy atom. The molecule has 3 atom stereocenters. The fourth-order valence-electron chi connectivity index (χ4n) is 2.85. The van der Waals surface area contributed by atoms with E-state index in [9.17, 15) is 19.2 Å². The standard InChI is InChI=1S/C19H20FNO4/c1-4-24-17(22)14(20)10-13-16(19(13,2)3)18(23)25-15(11-21)12-8-6-5-7-9-12/h5-10,13,15-16H,4H2,1-3H3/b14-10+/t13-,15?,16-/m0/s1. The second-order valence-electron chi connectivity index (χ2n) is 6.42. The Hall–Kier alpha value is -2.68. The number of nitriles is 1. The second-order valence-corrected chi connectivity index (χ2v) is 6.42. The molecule has 0 aromatic heterocycles. The summed E-state index contributed by atoms with van der Waals surface area (Å²) in [4.78, 5) is 23.8. The van der Waals surface area contributed by atoms with Crippen LogP contribution in [0.15, 0.2) is 42.2 Å². The van der Waals surface area contributed by atoms with Crippen LogP contribution in [0.25, 0.3) is 0 Å². The molecule has 0 amide bonds. The van der Waals surface area contributed by atoms with Gasteiger partial charge in [-0.05, 0) is 24.3 Å². The largest absolute Gasteiger partial charge is 0.461 e. The second kappa shape index (κ2) is 7.47. The summed E-state index contributed by atoms with van der Waals surface area (Å²) in [7, 11) is 0. The van der Waals surface area contributed by atoms with Crippen molar-refractivity contribution in [2.45, 2.75) is 26.9 Å². The minimum absolute atomic E-state index is 0.0700. The van der Waals surface area contributed by atoms with Crippen LogP contribution < -0.4 is 0 Å². The highest BCUT2D eigenvalue weighted by atomic mass is 19.1. The maximum atomic E-state index is 13.8. The first kappa shape index (κ1) is 18.7. The van der Waals surface area contributed by atoms with E-state index in [1.807, 2.05) is 6.07 Å². The van der Waals surface area contributed by atoms with Crippen molar-refractivity contribution in [3.8, 4) is 6.07 Å². The van der Waals surface area contributed by atoms with E-state index in [2.05, 4.69) is 4.74 Å². The van der Waals surface area contributed by atoms with Gasteiger partial charge in [-0.15, -0.1) is 0 Å². The molecule has 25 heavy (non-hydrogen) atoms. The van der Waals surface area contributed by atoms with Crippen molar-refractivity contribution in [3.05, 3.63) is 47.8 Å². The van der Waals surface area contributed by atoms with Crippen molar-refractivity contribution >= 4 is 11.9 Å². The number of rotatable bonds is 6. The lowest BCUT2D eigenvalue weighted by Gasteiger charge is -2.11. The van der Waals surface area contributed by atoms with E-state index in [1.54, 1.807) is 51.1 Å². The van der Waals surface area contributed by atoms with Gasteiger partial charge in [0.05, 0.1) is 12.5 Å². The maximum absolute atomic E-state index is 13.8. The van der Waals surface area contributed by atoms with Gasteiger partial charge in [0.15, 0.2) is 0 Å². The zero-order valence-corrected chi connectivity index (χ0v) is 14.4. The maximum Gasteiger partial charge on any atom is 0.366 e.